The van der Waals surface area contributed by atoms with Gasteiger partial charge in [-0.25, -0.2) is 0 Å². The van der Waals surface area contributed by atoms with Gasteiger partial charge in [0.25, 0.3) is 0 Å². The summed E-state index contributed by atoms with van der Waals surface area (Å²) in [7, 11) is 3.68. The van der Waals surface area contributed by atoms with Crippen LogP contribution in [0.5, 0.6) is 5.75 Å². The molecule has 5 heteroatoms. The van der Waals surface area contributed by atoms with Crippen LogP contribution in [0.15, 0.2) is 24.3 Å². The maximum absolute atomic E-state index is 11.6. The van der Waals surface area contributed by atoms with Gasteiger partial charge in [0.05, 0.1) is 7.11 Å². The van der Waals surface area contributed by atoms with Gasteiger partial charge in [-0.1, -0.05) is 12.1 Å². The molecule has 1 aliphatic heterocycles. The van der Waals surface area contributed by atoms with Crippen LogP contribution >= 0.6 is 0 Å². The Labute approximate surface area is 119 Å². The van der Waals surface area contributed by atoms with Crippen molar-refractivity contribution in [1.82, 2.24) is 9.80 Å². The Kier molecular flexibility index (Phi) is 4.98. The predicted molar refractivity (Wildman–Crippen MR) is 77.2 cm³/mol. The molecule has 5 nitrogen and oxygen atoms in total. The smallest absolute Gasteiger partial charge is 0.321 e. The fourth-order valence-electron chi connectivity index (χ4n) is 2.53. The van der Waals surface area contributed by atoms with Crippen molar-refractivity contribution in [1.29, 1.82) is 0 Å². The van der Waals surface area contributed by atoms with Gasteiger partial charge in [0.1, 0.15) is 11.8 Å². The van der Waals surface area contributed by atoms with Crippen molar-refractivity contribution in [3.05, 3.63) is 29.8 Å². The van der Waals surface area contributed by atoms with Crippen LogP contribution in [0.1, 0.15) is 5.56 Å². The number of aliphatic carboxylic acids is 1. The van der Waals surface area contributed by atoms with Crippen molar-refractivity contribution >= 4 is 5.97 Å². The number of hydrogen-bond acceptors (Lipinski definition) is 4. The average Bonchev–Trinajstić information content (AvgIpc) is 2.46. The van der Waals surface area contributed by atoms with Gasteiger partial charge < -0.3 is 14.7 Å². The largest absolute Gasteiger partial charge is 0.497 e. The molecule has 1 fully saturated rings. The van der Waals surface area contributed by atoms with Gasteiger partial charge in [0, 0.05) is 26.2 Å². The van der Waals surface area contributed by atoms with E-state index in [4.69, 9.17) is 4.74 Å². The summed E-state index contributed by atoms with van der Waals surface area (Å²) in [6.07, 6.45) is 0.510. The van der Waals surface area contributed by atoms with Gasteiger partial charge in [0.2, 0.25) is 0 Å². The number of rotatable bonds is 5. The number of nitrogens with zero attached hydrogens (tertiary/aromatic N) is 2. The summed E-state index contributed by atoms with van der Waals surface area (Å²) in [4.78, 5) is 15.8. The van der Waals surface area contributed by atoms with E-state index in [1.54, 1.807) is 7.11 Å². The zero-order valence-corrected chi connectivity index (χ0v) is 12.1. The third kappa shape index (κ3) is 3.71. The molecule has 1 N–H and O–H groups in total. The van der Waals surface area contributed by atoms with Gasteiger partial charge in [-0.2, -0.15) is 0 Å². The van der Waals surface area contributed by atoms with E-state index in [0.29, 0.717) is 6.42 Å². The van der Waals surface area contributed by atoms with E-state index in [9.17, 15) is 9.90 Å². The number of likely N-dealkylation sites (N-methyl/N-ethyl adjacent to an activating group) is 1. The number of ether oxygens (including phenoxy) is 1. The Bertz CT molecular complexity index is 456. The van der Waals surface area contributed by atoms with Crippen molar-refractivity contribution in [2.45, 2.75) is 12.5 Å². The third-order valence-electron chi connectivity index (χ3n) is 3.83. The Morgan fingerprint density at radius 1 is 1.35 bits per heavy atom. The standard InChI is InChI=1S/C15H22N2O3/c1-16-6-8-17(9-7-16)14(15(18)19)11-12-4-3-5-13(10-12)20-2/h3-5,10,14H,6-9,11H2,1-2H3,(H,18,19)/t14-/m1/s1. The van der Waals surface area contributed by atoms with E-state index in [0.717, 1.165) is 37.5 Å². The summed E-state index contributed by atoms with van der Waals surface area (Å²) in [5.41, 5.74) is 0.996. The van der Waals surface area contributed by atoms with E-state index in [1.807, 2.05) is 24.3 Å². The number of carboxylic acid groups (broad SMARTS) is 1. The molecule has 1 aromatic carbocycles. The molecule has 110 valence electrons. The van der Waals surface area contributed by atoms with Crippen LogP contribution in [0.3, 0.4) is 0 Å². The molecule has 0 saturated carbocycles. The summed E-state index contributed by atoms with van der Waals surface area (Å²) in [6.45, 7) is 3.44. The molecule has 2 rings (SSSR count). The molecule has 20 heavy (non-hydrogen) atoms. The molecular formula is C15H22N2O3. The summed E-state index contributed by atoms with van der Waals surface area (Å²) in [5.74, 6) is 0.0161. The monoisotopic (exact) mass is 278 g/mol. The van der Waals surface area contributed by atoms with Crippen LogP contribution in [0.2, 0.25) is 0 Å². The van der Waals surface area contributed by atoms with Crippen LogP contribution < -0.4 is 4.74 Å². The predicted octanol–water partition coefficient (Wildman–Crippen LogP) is 0.938. The molecule has 1 heterocycles. The topological polar surface area (TPSA) is 53.0 Å². The zero-order chi connectivity index (χ0) is 14.5. The number of methoxy groups -OCH3 is 1. The highest BCUT2D eigenvalue weighted by atomic mass is 16.5. The molecule has 1 saturated heterocycles. The van der Waals surface area contributed by atoms with Gasteiger partial charge in [-0.05, 0) is 31.2 Å². The molecule has 0 bridgehead atoms. The lowest BCUT2D eigenvalue weighted by Crippen LogP contribution is -2.52. The lowest BCUT2D eigenvalue weighted by Gasteiger charge is -2.36. The highest BCUT2D eigenvalue weighted by Gasteiger charge is 2.28. The lowest BCUT2D eigenvalue weighted by molar-refractivity contribution is -0.144. The summed E-state index contributed by atoms with van der Waals surface area (Å²) < 4.78 is 5.19. The first-order valence-electron chi connectivity index (χ1n) is 6.88. The van der Waals surface area contributed by atoms with Gasteiger partial charge in [-0.3, -0.25) is 9.69 Å². The second-order valence-corrected chi connectivity index (χ2v) is 5.25. The maximum atomic E-state index is 11.6. The third-order valence-corrected chi connectivity index (χ3v) is 3.83. The molecule has 1 aromatic rings. The Hall–Kier alpha value is -1.59. The molecule has 0 radical (unpaired) electrons. The van der Waals surface area contributed by atoms with E-state index in [1.165, 1.54) is 0 Å². The molecular weight excluding hydrogens is 256 g/mol. The van der Waals surface area contributed by atoms with Gasteiger partial charge >= 0.3 is 5.97 Å². The van der Waals surface area contributed by atoms with Crippen LogP contribution in [0.25, 0.3) is 0 Å². The summed E-state index contributed by atoms with van der Waals surface area (Å²) in [6, 6.07) is 7.17. The molecule has 0 amide bonds. The normalized spacial score (nSPS) is 18.7. The Morgan fingerprint density at radius 3 is 2.65 bits per heavy atom. The SMILES string of the molecule is COc1cccc(C[C@H](C(=O)O)N2CCN(C)CC2)c1. The maximum Gasteiger partial charge on any atom is 0.321 e. The Morgan fingerprint density at radius 2 is 2.05 bits per heavy atom. The average molecular weight is 278 g/mol. The van der Waals surface area contributed by atoms with Crippen LogP contribution in [-0.4, -0.2) is 67.3 Å². The zero-order valence-electron chi connectivity index (χ0n) is 12.1. The number of piperazine rings is 1. The molecule has 0 spiro atoms. The molecule has 1 atom stereocenters. The molecule has 0 unspecified atom stereocenters. The van der Waals surface area contributed by atoms with Crippen molar-refractivity contribution in [2.24, 2.45) is 0 Å². The highest BCUT2D eigenvalue weighted by Crippen LogP contribution is 2.17. The fourth-order valence-corrected chi connectivity index (χ4v) is 2.53. The van der Waals surface area contributed by atoms with Crippen molar-refractivity contribution in [3.63, 3.8) is 0 Å². The molecule has 0 aliphatic carbocycles. The molecule has 0 aromatic heterocycles. The highest BCUT2D eigenvalue weighted by molar-refractivity contribution is 5.74. The first-order valence-corrected chi connectivity index (χ1v) is 6.88. The van der Waals surface area contributed by atoms with Crippen LogP contribution in [0, 0.1) is 0 Å². The van der Waals surface area contributed by atoms with Crippen molar-refractivity contribution < 1.29 is 14.6 Å². The second kappa shape index (κ2) is 6.72. The molecule has 1 aliphatic rings. The van der Waals surface area contributed by atoms with E-state index < -0.39 is 12.0 Å². The van der Waals surface area contributed by atoms with Crippen LogP contribution in [-0.2, 0) is 11.2 Å². The quantitative estimate of drug-likeness (QED) is 0.868. The number of benzene rings is 1. The minimum Gasteiger partial charge on any atom is -0.497 e. The Balaban J connectivity index is 2.07. The first-order chi connectivity index (χ1) is 9.60. The summed E-state index contributed by atoms with van der Waals surface area (Å²) >= 11 is 0. The van der Waals surface area contributed by atoms with E-state index in [-0.39, 0.29) is 0 Å². The number of carboxylic acids is 1. The second-order valence-electron chi connectivity index (χ2n) is 5.25. The van der Waals surface area contributed by atoms with E-state index in [2.05, 4.69) is 16.8 Å². The summed E-state index contributed by atoms with van der Waals surface area (Å²) in [5, 5.41) is 9.49. The van der Waals surface area contributed by atoms with Gasteiger partial charge in [-0.15, -0.1) is 0 Å². The van der Waals surface area contributed by atoms with E-state index >= 15 is 0 Å². The van der Waals surface area contributed by atoms with Crippen molar-refractivity contribution in [2.75, 3.05) is 40.3 Å². The number of carbonyl (C=O) groups is 1. The van der Waals surface area contributed by atoms with Gasteiger partial charge in [0.15, 0.2) is 0 Å². The fraction of sp³-hybridized carbons (Fsp3) is 0.533. The van der Waals surface area contributed by atoms with Crippen LogP contribution in [0.4, 0.5) is 0 Å². The number of hydrogen-bond donors (Lipinski definition) is 1. The first kappa shape index (κ1) is 14.8. The lowest BCUT2D eigenvalue weighted by atomic mass is 10.0. The minimum absolute atomic E-state index is 0.462. The van der Waals surface area contributed by atoms with Crippen molar-refractivity contribution in [3.8, 4) is 5.75 Å². The minimum atomic E-state index is -0.752.